The maximum atomic E-state index is 10.6. The summed E-state index contributed by atoms with van der Waals surface area (Å²) in [7, 11) is 0. The van der Waals surface area contributed by atoms with Crippen molar-refractivity contribution in [2.45, 2.75) is 13.8 Å². The zero-order valence-corrected chi connectivity index (χ0v) is 7.64. The van der Waals surface area contributed by atoms with Gasteiger partial charge in [-0.25, -0.2) is 4.79 Å². The van der Waals surface area contributed by atoms with E-state index in [4.69, 9.17) is 16.7 Å². The van der Waals surface area contributed by atoms with Crippen LogP contribution in [-0.2, 0) is 0 Å². The molecule has 0 aromatic heterocycles. The molecule has 0 heterocycles. The van der Waals surface area contributed by atoms with Crippen LogP contribution in [0, 0.1) is 13.8 Å². The van der Waals surface area contributed by atoms with E-state index in [-0.39, 0.29) is 5.56 Å². The van der Waals surface area contributed by atoms with Crippen molar-refractivity contribution in [2.75, 3.05) is 0 Å². The summed E-state index contributed by atoms with van der Waals surface area (Å²) in [6.45, 7) is 3.71. The van der Waals surface area contributed by atoms with Crippen LogP contribution in [0.1, 0.15) is 21.5 Å². The number of halogens is 1. The minimum atomic E-state index is -0.944. The molecule has 0 spiro atoms. The first kappa shape index (κ1) is 9.07. The van der Waals surface area contributed by atoms with Gasteiger partial charge in [-0.15, -0.1) is 0 Å². The summed E-state index contributed by atoms with van der Waals surface area (Å²) in [6, 6.07) is 3.08. The van der Waals surface area contributed by atoms with E-state index in [1.165, 1.54) is 6.07 Å². The van der Waals surface area contributed by atoms with E-state index < -0.39 is 5.97 Å². The second-order valence-electron chi connectivity index (χ2n) is 2.71. The van der Waals surface area contributed by atoms with Crippen molar-refractivity contribution < 1.29 is 9.90 Å². The van der Waals surface area contributed by atoms with Crippen molar-refractivity contribution in [3.8, 4) is 0 Å². The van der Waals surface area contributed by atoms with Gasteiger partial charge in [-0.1, -0.05) is 11.6 Å². The highest BCUT2D eigenvalue weighted by molar-refractivity contribution is 6.31. The summed E-state index contributed by atoms with van der Waals surface area (Å²) in [5.41, 5.74) is 2.07. The normalized spacial score (nSPS) is 9.92. The summed E-state index contributed by atoms with van der Waals surface area (Å²) >= 11 is 5.80. The Bertz CT molecular complexity index is 308. The van der Waals surface area contributed by atoms with Gasteiger partial charge in [0.2, 0.25) is 0 Å². The average molecular weight is 185 g/mol. The van der Waals surface area contributed by atoms with Crippen LogP contribution in [0.5, 0.6) is 0 Å². The van der Waals surface area contributed by atoms with E-state index in [0.29, 0.717) is 5.02 Å². The molecule has 0 saturated heterocycles. The van der Waals surface area contributed by atoms with Crippen molar-refractivity contribution >= 4 is 17.6 Å². The molecule has 0 aliphatic rings. The number of aryl methyl sites for hydroxylation is 1. The predicted molar refractivity (Wildman–Crippen MR) is 47.9 cm³/mol. The lowest BCUT2D eigenvalue weighted by atomic mass is 10.1. The molecule has 1 aromatic rings. The summed E-state index contributed by atoms with van der Waals surface area (Å²) in [5, 5.41) is 9.17. The van der Waals surface area contributed by atoms with Gasteiger partial charge in [0.25, 0.3) is 0 Å². The van der Waals surface area contributed by atoms with Crippen molar-refractivity contribution in [1.82, 2.24) is 0 Å². The van der Waals surface area contributed by atoms with Crippen LogP contribution in [0.15, 0.2) is 12.1 Å². The highest BCUT2D eigenvalue weighted by atomic mass is 35.5. The van der Waals surface area contributed by atoms with E-state index in [1.54, 1.807) is 6.07 Å². The molecule has 0 amide bonds. The Morgan fingerprint density at radius 2 is 2.00 bits per heavy atom. The van der Waals surface area contributed by atoms with Crippen LogP contribution in [0.4, 0.5) is 0 Å². The quantitative estimate of drug-likeness (QED) is 0.729. The third-order valence-electron chi connectivity index (χ3n) is 1.85. The van der Waals surface area contributed by atoms with Gasteiger partial charge >= 0.3 is 5.97 Å². The van der Waals surface area contributed by atoms with Crippen LogP contribution < -0.4 is 0 Å². The van der Waals surface area contributed by atoms with Crippen LogP contribution in [0.25, 0.3) is 0 Å². The fourth-order valence-electron chi connectivity index (χ4n) is 0.940. The molecule has 1 aromatic carbocycles. The minimum Gasteiger partial charge on any atom is -0.478 e. The van der Waals surface area contributed by atoms with Gasteiger partial charge in [0.1, 0.15) is 0 Å². The molecular formula is C9H9ClO2. The zero-order chi connectivity index (χ0) is 9.30. The van der Waals surface area contributed by atoms with Crippen LogP contribution >= 0.6 is 11.6 Å². The lowest BCUT2D eigenvalue weighted by Crippen LogP contribution is -1.97. The topological polar surface area (TPSA) is 37.3 Å². The summed E-state index contributed by atoms with van der Waals surface area (Å²) in [5.74, 6) is -0.944. The maximum Gasteiger partial charge on any atom is 0.335 e. The van der Waals surface area contributed by atoms with E-state index in [0.717, 1.165) is 11.1 Å². The van der Waals surface area contributed by atoms with Gasteiger partial charge in [0.15, 0.2) is 0 Å². The Balaban J connectivity index is 3.31. The van der Waals surface area contributed by atoms with Gasteiger partial charge in [-0.2, -0.15) is 0 Å². The molecule has 0 bridgehead atoms. The van der Waals surface area contributed by atoms with Gasteiger partial charge in [-0.3, -0.25) is 0 Å². The van der Waals surface area contributed by atoms with Crippen LogP contribution in [0.2, 0.25) is 5.02 Å². The number of carbonyl (C=O) groups is 1. The fraction of sp³-hybridized carbons (Fsp3) is 0.222. The molecule has 0 aliphatic heterocycles. The molecule has 0 fully saturated rings. The molecule has 1 rings (SSSR count). The second kappa shape index (κ2) is 3.15. The van der Waals surface area contributed by atoms with E-state index in [1.807, 2.05) is 13.8 Å². The second-order valence-corrected chi connectivity index (χ2v) is 3.11. The lowest BCUT2D eigenvalue weighted by Gasteiger charge is -2.03. The summed E-state index contributed by atoms with van der Waals surface area (Å²) < 4.78 is 0. The SMILES string of the molecule is Cc1cc(C(=O)O)cc(Cl)c1C. The monoisotopic (exact) mass is 184 g/mol. The van der Waals surface area contributed by atoms with Crippen molar-refractivity contribution in [1.29, 1.82) is 0 Å². The minimum absolute atomic E-state index is 0.239. The number of benzene rings is 1. The number of carboxylic acids is 1. The summed E-state index contributed by atoms with van der Waals surface area (Å²) in [6.07, 6.45) is 0. The summed E-state index contributed by atoms with van der Waals surface area (Å²) in [4.78, 5) is 10.6. The van der Waals surface area contributed by atoms with Gasteiger partial charge in [-0.05, 0) is 37.1 Å². The first-order valence-corrected chi connectivity index (χ1v) is 3.90. The molecular weight excluding hydrogens is 176 g/mol. The van der Waals surface area contributed by atoms with E-state index in [2.05, 4.69) is 0 Å². The fourth-order valence-corrected chi connectivity index (χ4v) is 1.21. The standard InChI is InChI=1S/C9H9ClO2/c1-5-3-7(9(11)12)4-8(10)6(5)2/h3-4H,1-2H3,(H,11,12). The van der Waals surface area contributed by atoms with Gasteiger partial charge in [0, 0.05) is 5.02 Å². The number of rotatable bonds is 1. The molecule has 0 atom stereocenters. The lowest BCUT2D eigenvalue weighted by molar-refractivity contribution is 0.0697. The molecule has 12 heavy (non-hydrogen) atoms. The number of carboxylic acid groups (broad SMARTS) is 1. The molecule has 0 aliphatic carbocycles. The van der Waals surface area contributed by atoms with Crippen molar-refractivity contribution in [2.24, 2.45) is 0 Å². The molecule has 0 saturated carbocycles. The largest absolute Gasteiger partial charge is 0.478 e. The van der Waals surface area contributed by atoms with Crippen molar-refractivity contribution in [3.63, 3.8) is 0 Å². The average Bonchev–Trinajstić information content (AvgIpc) is 1.99. The van der Waals surface area contributed by atoms with E-state index in [9.17, 15) is 4.79 Å². The molecule has 0 radical (unpaired) electrons. The highest BCUT2D eigenvalue weighted by Gasteiger charge is 2.07. The Morgan fingerprint density at radius 1 is 1.42 bits per heavy atom. The molecule has 0 unspecified atom stereocenters. The van der Waals surface area contributed by atoms with Gasteiger partial charge < -0.3 is 5.11 Å². The third kappa shape index (κ3) is 1.59. The molecule has 1 N–H and O–H groups in total. The van der Waals surface area contributed by atoms with Crippen LogP contribution in [0.3, 0.4) is 0 Å². The van der Waals surface area contributed by atoms with Gasteiger partial charge in [0.05, 0.1) is 5.56 Å². The number of hydrogen-bond acceptors (Lipinski definition) is 1. The Labute approximate surface area is 75.8 Å². The molecule has 3 heteroatoms. The van der Waals surface area contributed by atoms with Crippen LogP contribution in [-0.4, -0.2) is 11.1 Å². The predicted octanol–water partition coefficient (Wildman–Crippen LogP) is 2.66. The number of aromatic carboxylic acids is 1. The number of hydrogen-bond donors (Lipinski definition) is 1. The maximum absolute atomic E-state index is 10.6. The van der Waals surface area contributed by atoms with Crippen molar-refractivity contribution in [3.05, 3.63) is 33.8 Å². The zero-order valence-electron chi connectivity index (χ0n) is 6.89. The first-order valence-electron chi connectivity index (χ1n) is 3.52. The Kier molecular flexibility index (Phi) is 2.38. The highest BCUT2D eigenvalue weighted by Crippen LogP contribution is 2.20. The molecule has 2 nitrogen and oxygen atoms in total. The van der Waals surface area contributed by atoms with E-state index >= 15 is 0 Å². The molecule has 64 valence electrons. The Hall–Kier alpha value is -1.02. The third-order valence-corrected chi connectivity index (χ3v) is 2.24. The smallest absolute Gasteiger partial charge is 0.335 e. The first-order chi connectivity index (χ1) is 5.52. The Morgan fingerprint density at radius 3 is 2.42 bits per heavy atom.